The summed E-state index contributed by atoms with van der Waals surface area (Å²) in [4.78, 5) is 1.08. The molecule has 0 saturated carbocycles. The lowest BCUT2D eigenvalue weighted by atomic mass is 10.1. The van der Waals surface area contributed by atoms with E-state index < -0.39 is 6.10 Å². The van der Waals surface area contributed by atoms with Crippen LogP contribution in [0.25, 0.3) is 0 Å². The van der Waals surface area contributed by atoms with E-state index in [1.807, 2.05) is 12.1 Å². The second-order valence-corrected chi connectivity index (χ2v) is 5.73. The number of aliphatic hydroxyl groups excluding tert-OH is 1. The molecule has 0 aliphatic rings. The number of rotatable bonds is 5. The van der Waals surface area contributed by atoms with Gasteiger partial charge in [-0.25, -0.2) is 0 Å². The fourth-order valence-electron chi connectivity index (χ4n) is 1.67. The Kier molecular flexibility index (Phi) is 5.15. The molecule has 0 aliphatic heterocycles. The van der Waals surface area contributed by atoms with Crippen LogP contribution in [0.3, 0.4) is 0 Å². The first-order valence-corrected chi connectivity index (χ1v) is 6.48. The lowest BCUT2D eigenvalue weighted by Gasteiger charge is -2.17. The maximum Gasteiger partial charge on any atom is 0.129 e. The van der Waals surface area contributed by atoms with Gasteiger partial charge < -0.3 is 14.6 Å². The Labute approximate surface area is 107 Å². The van der Waals surface area contributed by atoms with Crippen molar-refractivity contribution in [2.45, 2.75) is 37.0 Å². The molecule has 17 heavy (non-hydrogen) atoms. The molecule has 0 bridgehead atoms. The van der Waals surface area contributed by atoms with Gasteiger partial charge in [-0.1, -0.05) is 13.8 Å². The Bertz CT molecular complexity index is 350. The Balaban J connectivity index is 3.23. The van der Waals surface area contributed by atoms with E-state index in [0.717, 1.165) is 4.90 Å². The molecule has 0 aliphatic carbocycles. The van der Waals surface area contributed by atoms with E-state index >= 15 is 0 Å². The Hall–Kier alpha value is -0.870. The van der Waals surface area contributed by atoms with Crippen LogP contribution in [0.15, 0.2) is 17.0 Å². The third-order valence-electron chi connectivity index (χ3n) is 2.31. The van der Waals surface area contributed by atoms with Gasteiger partial charge in [-0.3, -0.25) is 0 Å². The molecule has 96 valence electrons. The number of ether oxygens (including phenoxy) is 2. The standard InChI is InChI=1S/C13H20O3S/c1-8(2)17-10-6-11(15-4)13(9(3)14)12(7-10)16-5/h6-9,14H,1-5H3. The lowest BCUT2D eigenvalue weighted by Crippen LogP contribution is -2.01. The summed E-state index contributed by atoms with van der Waals surface area (Å²) in [7, 11) is 3.20. The molecule has 0 heterocycles. The van der Waals surface area contributed by atoms with E-state index in [0.29, 0.717) is 22.3 Å². The highest BCUT2D eigenvalue weighted by molar-refractivity contribution is 7.99. The number of methoxy groups -OCH3 is 2. The largest absolute Gasteiger partial charge is 0.496 e. The summed E-state index contributed by atoms with van der Waals surface area (Å²) in [6.45, 7) is 5.97. The number of hydrogen-bond donors (Lipinski definition) is 1. The van der Waals surface area contributed by atoms with Crippen molar-refractivity contribution < 1.29 is 14.6 Å². The maximum atomic E-state index is 9.75. The van der Waals surface area contributed by atoms with Crippen LogP contribution < -0.4 is 9.47 Å². The molecule has 0 fully saturated rings. The zero-order valence-electron chi connectivity index (χ0n) is 11.0. The summed E-state index contributed by atoms with van der Waals surface area (Å²) in [6, 6.07) is 3.88. The molecular formula is C13H20O3S. The first kappa shape index (κ1) is 14.2. The van der Waals surface area contributed by atoms with Gasteiger partial charge in [0.05, 0.1) is 25.9 Å². The zero-order chi connectivity index (χ0) is 13.0. The van der Waals surface area contributed by atoms with Gasteiger partial charge in [0.1, 0.15) is 11.5 Å². The minimum Gasteiger partial charge on any atom is -0.496 e. The van der Waals surface area contributed by atoms with E-state index in [4.69, 9.17) is 9.47 Å². The molecule has 0 saturated heterocycles. The van der Waals surface area contributed by atoms with Crippen molar-refractivity contribution >= 4 is 11.8 Å². The second-order valence-electron chi connectivity index (χ2n) is 4.08. The van der Waals surface area contributed by atoms with Crippen molar-refractivity contribution in [3.05, 3.63) is 17.7 Å². The number of benzene rings is 1. The molecule has 0 spiro atoms. The normalized spacial score (nSPS) is 12.6. The average Bonchev–Trinajstić information content (AvgIpc) is 2.26. The van der Waals surface area contributed by atoms with Crippen molar-refractivity contribution in [1.29, 1.82) is 0 Å². The van der Waals surface area contributed by atoms with Crippen LogP contribution in [0.2, 0.25) is 0 Å². The molecule has 0 aromatic heterocycles. The smallest absolute Gasteiger partial charge is 0.129 e. The van der Waals surface area contributed by atoms with E-state index in [2.05, 4.69) is 13.8 Å². The van der Waals surface area contributed by atoms with Crippen molar-refractivity contribution in [1.82, 2.24) is 0 Å². The van der Waals surface area contributed by atoms with Crippen molar-refractivity contribution in [3.8, 4) is 11.5 Å². The zero-order valence-corrected chi connectivity index (χ0v) is 11.8. The van der Waals surface area contributed by atoms with E-state index in [1.54, 1.807) is 32.9 Å². The van der Waals surface area contributed by atoms with Crippen LogP contribution in [0.5, 0.6) is 11.5 Å². The molecule has 1 unspecified atom stereocenters. The summed E-state index contributed by atoms with van der Waals surface area (Å²) >= 11 is 1.74. The third kappa shape index (κ3) is 3.54. The minimum absolute atomic E-state index is 0.488. The summed E-state index contributed by atoms with van der Waals surface area (Å²) in [5.41, 5.74) is 0.697. The van der Waals surface area contributed by atoms with Crippen LogP contribution in [0.4, 0.5) is 0 Å². The van der Waals surface area contributed by atoms with Crippen LogP contribution in [-0.2, 0) is 0 Å². The third-order valence-corrected chi connectivity index (χ3v) is 3.29. The van der Waals surface area contributed by atoms with E-state index in [-0.39, 0.29) is 0 Å². The van der Waals surface area contributed by atoms with Crippen LogP contribution in [-0.4, -0.2) is 24.6 Å². The molecular weight excluding hydrogens is 236 g/mol. The molecule has 1 atom stereocenters. The molecule has 4 heteroatoms. The molecule has 1 rings (SSSR count). The van der Waals surface area contributed by atoms with Gasteiger partial charge in [-0.05, 0) is 19.1 Å². The van der Waals surface area contributed by atoms with Gasteiger partial charge in [0, 0.05) is 10.1 Å². The molecule has 0 radical (unpaired) electrons. The molecule has 1 N–H and O–H groups in total. The molecule has 3 nitrogen and oxygen atoms in total. The van der Waals surface area contributed by atoms with Gasteiger partial charge in [0.25, 0.3) is 0 Å². The number of thioether (sulfide) groups is 1. The summed E-state index contributed by atoms with van der Waals surface area (Å²) in [5.74, 6) is 1.34. The van der Waals surface area contributed by atoms with Crippen LogP contribution in [0.1, 0.15) is 32.4 Å². The Morgan fingerprint density at radius 1 is 1.06 bits per heavy atom. The first-order chi connectivity index (χ1) is 7.99. The van der Waals surface area contributed by atoms with E-state index in [9.17, 15) is 5.11 Å². The maximum absolute atomic E-state index is 9.75. The van der Waals surface area contributed by atoms with Gasteiger partial charge in [0.15, 0.2) is 0 Å². The molecule has 0 amide bonds. The quantitative estimate of drug-likeness (QED) is 0.821. The van der Waals surface area contributed by atoms with Gasteiger partial charge in [0.2, 0.25) is 0 Å². The monoisotopic (exact) mass is 256 g/mol. The van der Waals surface area contributed by atoms with Crippen molar-refractivity contribution in [3.63, 3.8) is 0 Å². The topological polar surface area (TPSA) is 38.7 Å². The Morgan fingerprint density at radius 2 is 1.53 bits per heavy atom. The summed E-state index contributed by atoms with van der Waals surface area (Å²) in [6.07, 6.45) is -0.613. The molecule has 1 aromatic rings. The van der Waals surface area contributed by atoms with Crippen molar-refractivity contribution in [2.24, 2.45) is 0 Å². The average molecular weight is 256 g/mol. The predicted molar refractivity (Wildman–Crippen MR) is 71.2 cm³/mol. The minimum atomic E-state index is -0.613. The SMILES string of the molecule is COc1cc(SC(C)C)cc(OC)c1C(C)O. The fourth-order valence-corrected chi connectivity index (χ4v) is 2.56. The van der Waals surface area contributed by atoms with E-state index in [1.165, 1.54) is 0 Å². The highest BCUT2D eigenvalue weighted by atomic mass is 32.2. The highest BCUT2D eigenvalue weighted by Gasteiger charge is 2.17. The lowest BCUT2D eigenvalue weighted by molar-refractivity contribution is 0.189. The highest BCUT2D eigenvalue weighted by Crippen LogP contribution is 2.39. The number of hydrogen-bond acceptors (Lipinski definition) is 4. The van der Waals surface area contributed by atoms with Gasteiger partial charge in [-0.15, -0.1) is 11.8 Å². The number of aliphatic hydroxyl groups is 1. The predicted octanol–water partition coefficient (Wildman–Crippen LogP) is 3.26. The van der Waals surface area contributed by atoms with Gasteiger partial charge in [-0.2, -0.15) is 0 Å². The van der Waals surface area contributed by atoms with Crippen LogP contribution in [0, 0.1) is 0 Å². The van der Waals surface area contributed by atoms with Crippen LogP contribution >= 0.6 is 11.8 Å². The Morgan fingerprint density at radius 3 is 1.82 bits per heavy atom. The second kappa shape index (κ2) is 6.17. The summed E-state index contributed by atoms with van der Waals surface area (Å²) in [5, 5.41) is 10.2. The van der Waals surface area contributed by atoms with Gasteiger partial charge >= 0.3 is 0 Å². The summed E-state index contributed by atoms with van der Waals surface area (Å²) < 4.78 is 10.6. The molecule has 1 aromatic carbocycles. The fraction of sp³-hybridized carbons (Fsp3) is 0.538. The van der Waals surface area contributed by atoms with Crippen molar-refractivity contribution in [2.75, 3.05) is 14.2 Å². The first-order valence-electron chi connectivity index (χ1n) is 5.60.